The first kappa shape index (κ1) is 8.52. The van der Waals surface area contributed by atoms with Gasteiger partial charge in [0.2, 0.25) is 11.8 Å². The van der Waals surface area contributed by atoms with Gasteiger partial charge in [0.05, 0.1) is 5.56 Å². The molecule has 4 nitrogen and oxygen atoms in total. The molecule has 2 N–H and O–H groups in total. The Hall–Kier alpha value is -1.58. The van der Waals surface area contributed by atoms with Crippen molar-refractivity contribution in [3.8, 4) is 11.8 Å². The molecule has 0 radical (unpaired) electrons. The van der Waals surface area contributed by atoms with Gasteiger partial charge in [0.15, 0.2) is 5.78 Å². The lowest BCUT2D eigenvalue weighted by Crippen LogP contribution is -1.98. The molecule has 0 atom stereocenters. The van der Waals surface area contributed by atoms with Crippen molar-refractivity contribution in [1.82, 2.24) is 4.98 Å². The SMILES string of the molecule is CC(=O)c1c(C)cc(O)nc1O. The quantitative estimate of drug-likeness (QED) is 0.612. The molecule has 0 fully saturated rings. The zero-order valence-electron chi connectivity index (χ0n) is 6.83. The number of aryl methyl sites for hydroxylation is 1. The summed E-state index contributed by atoms with van der Waals surface area (Å²) in [5, 5.41) is 18.1. The van der Waals surface area contributed by atoms with Crippen LogP contribution < -0.4 is 0 Å². The predicted molar refractivity (Wildman–Crippen MR) is 42.3 cm³/mol. The number of rotatable bonds is 1. The van der Waals surface area contributed by atoms with E-state index in [-0.39, 0.29) is 17.2 Å². The maximum absolute atomic E-state index is 10.9. The number of aromatic nitrogens is 1. The zero-order chi connectivity index (χ0) is 9.30. The molecule has 4 heteroatoms. The van der Waals surface area contributed by atoms with Crippen LogP contribution in [0, 0.1) is 6.92 Å². The second kappa shape index (κ2) is 2.81. The van der Waals surface area contributed by atoms with E-state index in [1.807, 2.05) is 0 Å². The number of nitrogens with zero attached hydrogens (tertiary/aromatic N) is 1. The highest BCUT2D eigenvalue weighted by molar-refractivity contribution is 5.97. The van der Waals surface area contributed by atoms with Gasteiger partial charge in [0.25, 0.3) is 0 Å². The summed E-state index contributed by atoms with van der Waals surface area (Å²) in [6, 6.07) is 1.33. The number of carbonyl (C=O) groups is 1. The first-order valence-electron chi connectivity index (χ1n) is 3.43. The molecular formula is C8H9NO3. The third kappa shape index (κ3) is 1.37. The van der Waals surface area contributed by atoms with Crippen LogP contribution in [-0.4, -0.2) is 21.0 Å². The number of carbonyl (C=O) groups excluding carboxylic acids is 1. The number of hydrogen-bond acceptors (Lipinski definition) is 4. The van der Waals surface area contributed by atoms with E-state index in [9.17, 15) is 4.79 Å². The van der Waals surface area contributed by atoms with Crippen molar-refractivity contribution in [3.63, 3.8) is 0 Å². The highest BCUT2D eigenvalue weighted by atomic mass is 16.3. The Morgan fingerprint density at radius 2 is 2.08 bits per heavy atom. The minimum absolute atomic E-state index is 0.160. The average molecular weight is 167 g/mol. The van der Waals surface area contributed by atoms with Gasteiger partial charge in [0, 0.05) is 6.07 Å². The molecule has 0 bridgehead atoms. The number of Topliss-reactive ketones (excluding diaryl/α,β-unsaturated/α-hetero) is 1. The van der Waals surface area contributed by atoms with Gasteiger partial charge in [-0.3, -0.25) is 4.79 Å². The second-order valence-corrected chi connectivity index (χ2v) is 2.55. The van der Waals surface area contributed by atoms with Crippen LogP contribution in [0.25, 0.3) is 0 Å². The fourth-order valence-corrected chi connectivity index (χ4v) is 1.07. The molecule has 0 aliphatic carbocycles. The summed E-state index contributed by atoms with van der Waals surface area (Å²) in [5.41, 5.74) is 0.681. The predicted octanol–water partition coefficient (Wildman–Crippen LogP) is 1.00. The summed E-state index contributed by atoms with van der Waals surface area (Å²) in [7, 11) is 0. The average Bonchev–Trinajstić information content (AvgIpc) is 1.82. The third-order valence-electron chi connectivity index (χ3n) is 1.54. The van der Waals surface area contributed by atoms with Gasteiger partial charge in [-0.1, -0.05) is 0 Å². The summed E-state index contributed by atoms with van der Waals surface area (Å²) in [6.45, 7) is 2.96. The third-order valence-corrected chi connectivity index (χ3v) is 1.54. The van der Waals surface area contributed by atoms with Crippen LogP contribution in [0.15, 0.2) is 6.07 Å². The highest BCUT2D eigenvalue weighted by Gasteiger charge is 2.12. The second-order valence-electron chi connectivity index (χ2n) is 2.55. The van der Waals surface area contributed by atoms with Crippen LogP contribution in [0.5, 0.6) is 11.8 Å². The van der Waals surface area contributed by atoms with E-state index in [0.29, 0.717) is 5.56 Å². The molecule has 1 rings (SSSR count). The Morgan fingerprint density at radius 3 is 2.50 bits per heavy atom. The molecular weight excluding hydrogens is 158 g/mol. The molecule has 64 valence electrons. The maximum atomic E-state index is 10.9. The van der Waals surface area contributed by atoms with Crippen LogP contribution in [-0.2, 0) is 0 Å². The van der Waals surface area contributed by atoms with Crippen molar-refractivity contribution >= 4 is 5.78 Å². The van der Waals surface area contributed by atoms with Gasteiger partial charge in [0.1, 0.15) is 0 Å². The van der Waals surface area contributed by atoms with Crippen molar-refractivity contribution in [1.29, 1.82) is 0 Å². The standard InChI is InChI=1S/C8H9NO3/c1-4-3-6(11)9-8(12)7(4)5(2)10/h3H,1-2H3,(H2,9,11,12). The van der Waals surface area contributed by atoms with E-state index in [2.05, 4.69) is 4.98 Å². The molecule has 0 aliphatic heterocycles. The molecule has 0 aromatic carbocycles. The van der Waals surface area contributed by atoms with E-state index < -0.39 is 5.88 Å². The van der Waals surface area contributed by atoms with E-state index in [0.717, 1.165) is 0 Å². The summed E-state index contributed by atoms with van der Waals surface area (Å²) in [4.78, 5) is 14.3. The van der Waals surface area contributed by atoms with Crippen molar-refractivity contribution in [3.05, 3.63) is 17.2 Å². The van der Waals surface area contributed by atoms with Crippen molar-refractivity contribution in [2.75, 3.05) is 0 Å². The minimum Gasteiger partial charge on any atom is -0.493 e. The minimum atomic E-state index is -0.417. The van der Waals surface area contributed by atoms with Gasteiger partial charge >= 0.3 is 0 Å². The summed E-state index contributed by atoms with van der Waals surface area (Å²) in [6.07, 6.45) is 0. The number of aromatic hydroxyl groups is 2. The lowest BCUT2D eigenvalue weighted by molar-refractivity contribution is 0.101. The molecule has 1 heterocycles. The normalized spacial score (nSPS) is 9.83. The van der Waals surface area contributed by atoms with E-state index in [1.54, 1.807) is 6.92 Å². The van der Waals surface area contributed by atoms with Crippen LogP contribution >= 0.6 is 0 Å². The fourth-order valence-electron chi connectivity index (χ4n) is 1.07. The molecule has 12 heavy (non-hydrogen) atoms. The monoisotopic (exact) mass is 167 g/mol. The topological polar surface area (TPSA) is 70.4 Å². The summed E-state index contributed by atoms with van der Waals surface area (Å²) >= 11 is 0. The van der Waals surface area contributed by atoms with Crippen LogP contribution in [0.3, 0.4) is 0 Å². The molecule has 0 saturated carbocycles. The van der Waals surface area contributed by atoms with E-state index in [4.69, 9.17) is 10.2 Å². The van der Waals surface area contributed by atoms with Crippen LogP contribution in [0.2, 0.25) is 0 Å². The Morgan fingerprint density at radius 1 is 1.50 bits per heavy atom. The van der Waals surface area contributed by atoms with Gasteiger partial charge in [-0.25, -0.2) is 0 Å². The smallest absolute Gasteiger partial charge is 0.225 e. The van der Waals surface area contributed by atoms with E-state index >= 15 is 0 Å². The molecule has 0 amide bonds. The zero-order valence-corrected chi connectivity index (χ0v) is 6.83. The van der Waals surface area contributed by atoms with Crippen molar-refractivity contribution in [2.45, 2.75) is 13.8 Å². The van der Waals surface area contributed by atoms with Crippen molar-refractivity contribution < 1.29 is 15.0 Å². The number of pyridine rings is 1. The van der Waals surface area contributed by atoms with Gasteiger partial charge in [-0.15, -0.1) is 0 Å². The first-order valence-corrected chi connectivity index (χ1v) is 3.43. The lowest BCUT2D eigenvalue weighted by atomic mass is 10.1. The van der Waals surface area contributed by atoms with Crippen LogP contribution in [0.1, 0.15) is 22.8 Å². The summed E-state index contributed by atoms with van der Waals surface area (Å²) < 4.78 is 0. The number of hydrogen-bond donors (Lipinski definition) is 2. The Balaban J connectivity index is 3.38. The Labute approximate surface area is 69.5 Å². The highest BCUT2D eigenvalue weighted by Crippen LogP contribution is 2.22. The summed E-state index contributed by atoms with van der Waals surface area (Å²) in [5.74, 6) is -0.965. The van der Waals surface area contributed by atoms with Gasteiger partial charge in [-0.05, 0) is 19.4 Å². The lowest BCUT2D eigenvalue weighted by Gasteiger charge is -2.03. The van der Waals surface area contributed by atoms with E-state index in [1.165, 1.54) is 13.0 Å². The first-order chi connectivity index (χ1) is 5.52. The van der Waals surface area contributed by atoms with Gasteiger partial charge in [-0.2, -0.15) is 4.98 Å². The molecule has 0 saturated heterocycles. The number of ketones is 1. The molecule has 0 spiro atoms. The molecule has 1 aromatic rings. The molecule has 0 unspecified atom stereocenters. The van der Waals surface area contributed by atoms with Crippen LogP contribution in [0.4, 0.5) is 0 Å². The van der Waals surface area contributed by atoms with Gasteiger partial charge < -0.3 is 10.2 Å². The Bertz CT molecular complexity index is 310. The Kier molecular flexibility index (Phi) is 1.99. The van der Waals surface area contributed by atoms with Crippen molar-refractivity contribution in [2.24, 2.45) is 0 Å². The largest absolute Gasteiger partial charge is 0.493 e. The fraction of sp³-hybridized carbons (Fsp3) is 0.250. The maximum Gasteiger partial charge on any atom is 0.225 e. The molecule has 1 aromatic heterocycles. The molecule has 0 aliphatic rings.